The predicted molar refractivity (Wildman–Crippen MR) is 113 cm³/mol. The van der Waals surface area contributed by atoms with Crippen LogP contribution < -0.4 is 10.1 Å². The molecule has 0 aromatic heterocycles. The van der Waals surface area contributed by atoms with Gasteiger partial charge < -0.3 is 14.8 Å². The summed E-state index contributed by atoms with van der Waals surface area (Å²) < 4.78 is 11.6. The Kier molecular flexibility index (Phi) is 4.57. The molecule has 156 valence electrons. The minimum atomic E-state index is -0.266. The van der Waals surface area contributed by atoms with Crippen molar-refractivity contribution in [1.82, 2.24) is 0 Å². The molecular weight excluding hydrogens is 378 g/mol. The molecule has 2 aromatic rings. The van der Waals surface area contributed by atoms with Crippen LogP contribution in [0.1, 0.15) is 43.7 Å². The molecule has 1 heterocycles. The number of nitrogens with one attached hydrogen (secondary N) is 1. The van der Waals surface area contributed by atoms with Crippen molar-refractivity contribution < 1.29 is 19.1 Å². The van der Waals surface area contributed by atoms with Crippen LogP contribution >= 0.6 is 0 Å². The molecule has 3 fully saturated rings. The van der Waals surface area contributed by atoms with Gasteiger partial charge in [-0.05, 0) is 73.1 Å². The van der Waals surface area contributed by atoms with E-state index in [0.717, 1.165) is 35.5 Å². The Balaban J connectivity index is 1.28. The summed E-state index contributed by atoms with van der Waals surface area (Å²) in [6.07, 6.45) is 1.80. The number of ether oxygens (including phenoxy) is 2. The maximum atomic E-state index is 12.9. The molecular formula is C25H27NO4. The SMILES string of the molecule is Cc1ccc(C(C)C)c(Oc2ccc(NC(=O)[C@@H]3[C@@H]4C[C@H]5[C@@H]3C(=O)O[C@@H]5C4)cc2)c1. The highest BCUT2D eigenvalue weighted by Gasteiger charge is 2.63. The number of aryl methyl sites for hydroxylation is 1. The highest BCUT2D eigenvalue weighted by Crippen LogP contribution is 2.57. The molecule has 2 aliphatic carbocycles. The van der Waals surface area contributed by atoms with Crippen molar-refractivity contribution in [2.75, 3.05) is 5.32 Å². The lowest BCUT2D eigenvalue weighted by molar-refractivity contribution is -0.145. The van der Waals surface area contributed by atoms with Crippen LogP contribution in [0.3, 0.4) is 0 Å². The van der Waals surface area contributed by atoms with E-state index in [-0.39, 0.29) is 41.7 Å². The molecule has 1 amide bonds. The minimum absolute atomic E-state index is 0.0466. The Morgan fingerprint density at radius 3 is 2.63 bits per heavy atom. The average molecular weight is 405 g/mol. The number of amides is 1. The van der Waals surface area contributed by atoms with E-state index in [4.69, 9.17) is 9.47 Å². The van der Waals surface area contributed by atoms with Crippen LogP contribution in [0.25, 0.3) is 0 Å². The largest absolute Gasteiger partial charge is 0.462 e. The van der Waals surface area contributed by atoms with Crippen LogP contribution in [0.2, 0.25) is 0 Å². The number of fused-ring (bicyclic) bond motifs is 1. The zero-order valence-electron chi connectivity index (χ0n) is 17.6. The van der Waals surface area contributed by atoms with Crippen molar-refractivity contribution >= 4 is 17.6 Å². The zero-order valence-corrected chi connectivity index (χ0v) is 17.6. The van der Waals surface area contributed by atoms with Gasteiger partial charge in [0.1, 0.15) is 17.6 Å². The van der Waals surface area contributed by atoms with Crippen molar-refractivity contribution in [3.05, 3.63) is 53.6 Å². The van der Waals surface area contributed by atoms with Crippen LogP contribution in [0.15, 0.2) is 42.5 Å². The molecule has 2 bridgehead atoms. The first-order chi connectivity index (χ1) is 14.4. The van der Waals surface area contributed by atoms with Gasteiger partial charge in [-0.1, -0.05) is 26.0 Å². The second kappa shape index (κ2) is 7.15. The number of rotatable bonds is 5. The van der Waals surface area contributed by atoms with E-state index in [9.17, 15) is 9.59 Å². The summed E-state index contributed by atoms with van der Waals surface area (Å²) >= 11 is 0. The number of carbonyl (C=O) groups is 2. The Morgan fingerprint density at radius 2 is 1.90 bits per heavy atom. The second-order valence-corrected chi connectivity index (χ2v) is 9.23. The topological polar surface area (TPSA) is 64.6 Å². The molecule has 0 spiro atoms. The first-order valence-corrected chi connectivity index (χ1v) is 10.8. The van der Waals surface area contributed by atoms with Gasteiger partial charge in [0, 0.05) is 11.6 Å². The van der Waals surface area contributed by atoms with Gasteiger partial charge in [0.25, 0.3) is 0 Å². The first-order valence-electron chi connectivity index (χ1n) is 10.8. The minimum Gasteiger partial charge on any atom is -0.462 e. The van der Waals surface area contributed by atoms with E-state index in [2.05, 4.69) is 31.3 Å². The summed E-state index contributed by atoms with van der Waals surface area (Å²) in [4.78, 5) is 25.1. The number of anilines is 1. The standard InChI is InChI=1S/C25H27NO4/c1-13(2)18-9-4-14(3)10-20(18)29-17-7-5-16(6-8-17)26-24(27)22-15-11-19-21(12-15)30-25(28)23(19)22/h4-10,13,15,19,21-23H,11-12H2,1-3H3,(H,26,27)/t15-,19-,21-,22-,23+/m1/s1. The maximum Gasteiger partial charge on any atom is 0.310 e. The van der Waals surface area contributed by atoms with Crippen LogP contribution in [0.5, 0.6) is 11.5 Å². The third-order valence-corrected chi connectivity index (χ3v) is 6.93. The van der Waals surface area contributed by atoms with E-state index >= 15 is 0 Å². The van der Waals surface area contributed by atoms with Gasteiger partial charge in [-0.25, -0.2) is 0 Å². The fourth-order valence-corrected chi connectivity index (χ4v) is 5.53. The molecule has 30 heavy (non-hydrogen) atoms. The maximum absolute atomic E-state index is 12.9. The number of carbonyl (C=O) groups excluding carboxylic acids is 2. The molecule has 2 saturated carbocycles. The van der Waals surface area contributed by atoms with Crippen molar-refractivity contribution in [2.24, 2.45) is 23.7 Å². The molecule has 2 aromatic carbocycles. The molecule has 1 N–H and O–H groups in total. The average Bonchev–Trinajstić information content (AvgIpc) is 3.32. The lowest BCUT2D eigenvalue weighted by Crippen LogP contribution is -2.35. The zero-order chi connectivity index (χ0) is 21.0. The Hall–Kier alpha value is -2.82. The van der Waals surface area contributed by atoms with Crippen molar-refractivity contribution in [1.29, 1.82) is 0 Å². The normalized spacial score (nSPS) is 28.7. The van der Waals surface area contributed by atoms with E-state index in [1.807, 2.05) is 37.3 Å². The molecule has 5 heteroatoms. The van der Waals surface area contributed by atoms with Crippen molar-refractivity contribution in [3.8, 4) is 11.5 Å². The predicted octanol–water partition coefficient (Wildman–Crippen LogP) is 5.05. The summed E-state index contributed by atoms with van der Waals surface area (Å²) in [5, 5.41) is 3.00. The van der Waals surface area contributed by atoms with E-state index in [0.29, 0.717) is 11.6 Å². The summed E-state index contributed by atoms with van der Waals surface area (Å²) in [6.45, 7) is 6.34. The highest BCUT2D eigenvalue weighted by atomic mass is 16.6. The number of esters is 1. The van der Waals surface area contributed by atoms with Crippen LogP contribution in [-0.2, 0) is 14.3 Å². The molecule has 3 aliphatic rings. The summed E-state index contributed by atoms with van der Waals surface area (Å²) in [7, 11) is 0. The monoisotopic (exact) mass is 405 g/mol. The Morgan fingerprint density at radius 1 is 1.13 bits per heavy atom. The summed E-state index contributed by atoms with van der Waals surface area (Å²) in [6, 6.07) is 13.7. The quantitative estimate of drug-likeness (QED) is 0.707. The fraction of sp³-hybridized carbons (Fsp3) is 0.440. The van der Waals surface area contributed by atoms with Gasteiger partial charge in [-0.2, -0.15) is 0 Å². The summed E-state index contributed by atoms with van der Waals surface area (Å²) in [5.41, 5.74) is 3.03. The number of hydrogen-bond acceptors (Lipinski definition) is 4. The fourth-order valence-electron chi connectivity index (χ4n) is 5.53. The Bertz CT molecular complexity index is 995. The third kappa shape index (κ3) is 3.17. The molecule has 0 unspecified atom stereocenters. The highest BCUT2D eigenvalue weighted by molar-refractivity contribution is 5.97. The van der Waals surface area contributed by atoms with Gasteiger partial charge in [0.2, 0.25) is 5.91 Å². The van der Waals surface area contributed by atoms with Crippen molar-refractivity contribution in [3.63, 3.8) is 0 Å². The Labute approximate surface area is 176 Å². The van der Waals surface area contributed by atoms with Gasteiger partial charge in [0.05, 0.1) is 11.8 Å². The van der Waals surface area contributed by atoms with Gasteiger partial charge in [-0.3, -0.25) is 9.59 Å². The number of benzene rings is 2. The summed E-state index contributed by atoms with van der Waals surface area (Å²) in [5.74, 6) is 1.66. The lowest BCUT2D eigenvalue weighted by Gasteiger charge is -2.23. The smallest absolute Gasteiger partial charge is 0.310 e. The van der Waals surface area contributed by atoms with Gasteiger partial charge in [-0.15, -0.1) is 0 Å². The molecule has 5 rings (SSSR count). The lowest BCUT2D eigenvalue weighted by atomic mass is 9.79. The molecule has 0 radical (unpaired) electrons. The second-order valence-electron chi connectivity index (χ2n) is 9.23. The third-order valence-electron chi connectivity index (χ3n) is 6.93. The molecule has 5 atom stereocenters. The molecule has 1 aliphatic heterocycles. The number of hydrogen-bond donors (Lipinski definition) is 1. The van der Waals surface area contributed by atoms with E-state index < -0.39 is 0 Å². The van der Waals surface area contributed by atoms with Crippen molar-refractivity contribution in [2.45, 2.75) is 45.6 Å². The van der Waals surface area contributed by atoms with Crippen LogP contribution in [0, 0.1) is 30.6 Å². The van der Waals surface area contributed by atoms with Crippen LogP contribution in [-0.4, -0.2) is 18.0 Å². The molecule has 1 saturated heterocycles. The first kappa shape index (κ1) is 19.2. The van der Waals surface area contributed by atoms with E-state index in [1.54, 1.807) is 0 Å². The van der Waals surface area contributed by atoms with Gasteiger partial charge >= 0.3 is 5.97 Å². The van der Waals surface area contributed by atoms with Crippen LogP contribution in [0.4, 0.5) is 5.69 Å². The molecule has 5 nitrogen and oxygen atoms in total. The van der Waals surface area contributed by atoms with Gasteiger partial charge in [0.15, 0.2) is 0 Å². The van der Waals surface area contributed by atoms with E-state index in [1.165, 1.54) is 0 Å².